The number of benzene rings is 1. The van der Waals surface area contributed by atoms with Crippen LogP contribution in [0, 0.1) is 0 Å². The summed E-state index contributed by atoms with van der Waals surface area (Å²) in [6, 6.07) is 9.21. The van der Waals surface area contributed by atoms with Gasteiger partial charge in [-0.15, -0.1) is 24.0 Å². The third-order valence-electron chi connectivity index (χ3n) is 3.15. The number of hydrogen-bond donors (Lipinski definition) is 2. The zero-order chi connectivity index (χ0) is 11.4. The Kier molecular flexibility index (Phi) is 5.74. The van der Waals surface area contributed by atoms with Gasteiger partial charge in [-0.2, -0.15) is 0 Å². The monoisotopic (exact) mass is 345 g/mol. The summed E-state index contributed by atoms with van der Waals surface area (Å²) in [7, 11) is 3.70. The molecule has 0 bridgehead atoms. The topological polar surface area (TPSA) is 36.4 Å². The molecule has 0 aromatic heterocycles. The van der Waals surface area contributed by atoms with Crippen LogP contribution in [0.15, 0.2) is 29.3 Å². The average molecular weight is 345 g/mol. The number of fused-ring (bicyclic) bond motifs is 1. The van der Waals surface area contributed by atoms with Crippen LogP contribution in [0.5, 0.6) is 0 Å². The molecule has 0 radical (unpaired) electrons. The van der Waals surface area contributed by atoms with Crippen LogP contribution in [-0.2, 0) is 12.8 Å². The number of halogens is 1. The molecule has 1 aliphatic carbocycles. The fourth-order valence-electron chi connectivity index (χ4n) is 2.26. The van der Waals surface area contributed by atoms with Crippen molar-refractivity contribution in [2.24, 2.45) is 4.99 Å². The smallest absolute Gasteiger partial charge is 0.190 e. The second kappa shape index (κ2) is 6.83. The largest absolute Gasteiger partial charge is 0.359 e. The number of aliphatic imine (C=N–C) groups is 1. The van der Waals surface area contributed by atoms with Crippen molar-refractivity contribution in [3.8, 4) is 0 Å². The molecular weight excluding hydrogens is 325 g/mol. The van der Waals surface area contributed by atoms with Crippen molar-refractivity contribution >= 4 is 29.9 Å². The third-order valence-corrected chi connectivity index (χ3v) is 3.15. The van der Waals surface area contributed by atoms with E-state index in [9.17, 15) is 0 Å². The van der Waals surface area contributed by atoms with Crippen LogP contribution in [-0.4, -0.2) is 26.1 Å². The third kappa shape index (κ3) is 3.59. The lowest BCUT2D eigenvalue weighted by molar-refractivity contribution is 0.523. The lowest BCUT2D eigenvalue weighted by Crippen LogP contribution is -2.44. The summed E-state index contributed by atoms with van der Waals surface area (Å²) >= 11 is 0. The van der Waals surface area contributed by atoms with E-state index in [0.717, 1.165) is 18.8 Å². The van der Waals surface area contributed by atoms with Gasteiger partial charge in [-0.1, -0.05) is 24.3 Å². The summed E-state index contributed by atoms with van der Waals surface area (Å²) < 4.78 is 0. The van der Waals surface area contributed by atoms with Gasteiger partial charge in [0, 0.05) is 20.1 Å². The maximum atomic E-state index is 4.15. The minimum atomic E-state index is 0. The van der Waals surface area contributed by atoms with Gasteiger partial charge in [0.25, 0.3) is 0 Å². The van der Waals surface area contributed by atoms with E-state index in [2.05, 4.69) is 39.9 Å². The van der Waals surface area contributed by atoms with Gasteiger partial charge in [-0.05, 0) is 30.4 Å². The molecule has 0 aliphatic heterocycles. The van der Waals surface area contributed by atoms with Crippen LogP contribution < -0.4 is 10.6 Å². The van der Waals surface area contributed by atoms with E-state index in [-0.39, 0.29) is 24.0 Å². The predicted molar refractivity (Wildman–Crippen MR) is 83.2 cm³/mol. The quantitative estimate of drug-likeness (QED) is 0.464. The number of nitrogens with zero attached hydrogens (tertiary/aromatic N) is 1. The number of nitrogens with one attached hydrogen (secondary N) is 2. The summed E-state index contributed by atoms with van der Waals surface area (Å²) in [6.45, 7) is 0. The highest BCUT2D eigenvalue weighted by molar-refractivity contribution is 14.0. The molecule has 2 rings (SSSR count). The summed E-state index contributed by atoms with van der Waals surface area (Å²) in [6.07, 6.45) is 3.43. The molecule has 94 valence electrons. The summed E-state index contributed by atoms with van der Waals surface area (Å²) in [5.74, 6) is 0.879. The normalized spacial score (nSPS) is 18.9. The van der Waals surface area contributed by atoms with E-state index in [0.29, 0.717) is 6.04 Å². The lowest BCUT2D eigenvalue weighted by atomic mass is 9.88. The van der Waals surface area contributed by atoms with Crippen molar-refractivity contribution in [3.05, 3.63) is 35.4 Å². The minimum absolute atomic E-state index is 0. The molecule has 1 aliphatic rings. The molecule has 3 nitrogen and oxygen atoms in total. The Morgan fingerprint density at radius 3 is 2.65 bits per heavy atom. The van der Waals surface area contributed by atoms with Gasteiger partial charge >= 0.3 is 0 Å². The first-order valence-electron chi connectivity index (χ1n) is 5.81. The van der Waals surface area contributed by atoms with Gasteiger partial charge in [0.2, 0.25) is 0 Å². The molecule has 0 saturated carbocycles. The van der Waals surface area contributed by atoms with E-state index in [4.69, 9.17) is 0 Å². The van der Waals surface area contributed by atoms with E-state index in [1.807, 2.05) is 7.05 Å². The first kappa shape index (κ1) is 14.3. The van der Waals surface area contributed by atoms with Crippen LogP contribution >= 0.6 is 24.0 Å². The maximum absolute atomic E-state index is 4.15. The molecule has 1 atom stereocenters. The van der Waals surface area contributed by atoms with Gasteiger partial charge in [-0.3, -0.25) is 4.99 Å². The predicted octanol–water partition coefficient (Wildman–Crippen LogP) is 1.96. The number of guanidine groups is 1. The minimum Gasteiger partial charge on any atom is -0.359 e. The van der Waals surface area contributed by atoms with E-state index >= 15 is 0 Å². The standard InChI is InChI=1S/C13H19N3.HI/c1-14-13(15-2)16-12-8-7-10-5-3-4-6-11(10)9-12;/h3-6,12H,7-9H2,1-2H3,(H2,14,15,16);1H. The molecular formula is C13H20IN3. The number of hydrogen-bond acceptors (Lipinski definition) is 1. The van der Waals surface area contributed by atoms with Gasteiger partial charge in [0.15, 0.2) is 5.96 Å². The van der Waals surface area contributed by atoms with Crippen LogP contribution in [0.2, 0.25) is 0 Å². The van der Waals surface area contributed by atoms with E-state index in [1.165, 1.54) is 17.5 Å². The molecule has 4 heteroatoms. The maximum Gasteiger partial charge on any atom is 0.190 e. The van der Waals surface area contributed by atoms with Crippen LogP contribution in [0.3, 0.4) is 0 Å². The average Bonchev–Trinajstić information content (AvgIpc) is 2.35. The van der Waals surface area contributed by atoms with Crippen molar-refractivity contribution in [2.75, 3.05) is 14.1 Å². The zero-order valence-electron chi connectivity index (χ0n) is 10.4. The second-order valence-corrected chi connectivity index (χ2v) is 4.17. The van der Waals surface area contributed by atoms with E-state index < -0.39 is 0 Å². The van der Waals surface area contributed by atoms with Crippen molar-refractivity contribution in [2.45, 2.75) is 25.3 Å². The van der Waals surface area contributed by atoms with Crippen molar-refractivity contribution < 1.29 is 0 Å². The number of aryl methyl sites for hydroxylation is 1. The van der Waals surface area contributed by atoms with Crippen molar-refractivity contribution in [1.29, 1.82) is 0 Å². The van der Waals surface area contributed by atoms with Gasteiger partial charge in [0.05, 0.1) is 0 Å². The molecule has 0 amide bonds. The van der Waals surface area contributed by atoms with E-state index in [1.54, 1.807) is 7.05 Å². The Hall–Kier alpha value is -0.780. The molecule has 0 fully saturated rings. The van der Waals surface area contributed by atoms with Crippen LogP contribution in [0.4, 0.5) is 0 Å². The fourth-order valence-corrected chi connectivity index (χ4v) is 2.26. The Morgan fingerprint density at radius 1 is 1.29 bits per heavy atom. The van der Waals surface area contributed by atoms with Crippen molar-refractivity contribution in [1.82, 2.24) is 10.6 Å². The summed E-state index contributed by atoms with van der Waals surface area (Å²) in [5, 5.41) is 6.50. The molecule has 17 heavy (non-hydrogen) atoms. The molecule has 1 aromatic rings. The zero-order valence-corrected chi connectivity index (χ0v) is 12.7. The molecule has 1 aromatic carbocycles. The van der Waals surface area contributed by atoms with Crippen LogP contribution in [0.25, 0.3) is 0 Å². The van der Waals surface area contributed by atoms with Crippen LogP contribution in [0.1, 0.15) is 17.5 Å². The highest BCUT2D eigenvalue weighted by atomic mass is 127. The summed E-state index contributed by atoms with van der Waals surface area (Å²) in [5.41, 5.74) is 2.97. The Labute approximate surface area is 120 Å². The fraction of sp³-hybridized carbons (Fsp3) is 0.462. The Balaban J connectivity index is 0.00000144. The highest BCUT2D eigenvalue weighted by Crippen LogP contribution is 2.20. The first-order valence-corrected chi connectivity index (χ1v) is 5.81. The second-order valence-electron chi connectivity index (χ2n) is 4.17. The number of rotatable bonds is 1. The molecule has 0 spiro atoms. The lowest BCUT2D eigenvalue weighted by Gasteiger charge is -2.26. The molecule has 0 saturated heterocycles. The van der Waals surface area contributed by atoms with Gasteiger partial charge < -0.3 is 10.6 Å². The first-order chi connectivity index (χ1) is 7.83. The highest BCUT2D eigenvalue weighted by Gasteiger charge is 2.18. The van der Waals surface area contributed by atoms with Gasteiger partial charge in [-0.25, -0.2) is 0 Å². The van der Waals surface area contributed by atoms with Crippen molar-refractivity contribution in [3.63, 3.8) is 0 Å². The molecule has 1 unspecified atom stereocenters. The molecule has 2 N–H and O–H groups in total. The Morgan fingerprint density at radius 2 is 2.00 bits per heavy atom. The summed E-state index contributed by atoms with van der Waals surface area (Å²) in [4.78, 5) is 4.15. The van der Waals surface area contributed by atoms with Gasteiger partial charge in [0.1, 0.15) is 0 Å². The molecule has 0 heterocycles. The SMILES string of the molecule is CN=C(NC)NC1CCc2ccccc2C1.I. The Bertz CT molecular complexity index is 390.